The number of carbonyl (C=O) groups excluding carboxylic acids is 1. The predicted molar refractivity (Wildman–Crippen MR) is 110 cm³/mol. The zero-order chi connectivity index (χ0) is 20.4. The number of ether oxygens (including phenoxy) is 2. The minimum atomic E-state index is -0.398. The van der Waals surface area contributed by atoms with Crippen LogP contribution in [0, 0.1) is 0 Å². The van der Waals surface area contributed by atoms with Gasteiger partial charge in [0.1, 0.15) is 0 Å². The first-order valence-electron chi connectivity index (χ1n) is 9.30. The molecule has 0 bridgehead atoms. The first-order valence-corrected chi connectivity index (χ1v) is 10.2. The van der Waals surface area contributed by atoms with Gasteiger partial charge in [-0.05, 0) is 48.7 Å². The number of benzene rings is 2. The van der Waals surface area contributed by atoms with Crippen LogP contribution in [0.25, 0.3) is 11.5 Å². The summed E-state index contributed by atoms with van der Waals surface area (Å²) in [7, 11) is 0. The number of aromatic nitrogens is 2. The molecule has 2 aromatic carbocycles. The fourth-order valence-corrected chi connectivity index (χ4v) is 3.49. The Morgan fingerprint density at radius 2 is 1.79 bits per heavy atom. The van der Waals surface area contributed by atoms with E-state index in [9.17, 15) is 4.79 Å². The molecular formula is C21H21N3O4S. The van der Waals surface area contributed by atoms with Gasteiger partial charge in [0.2, 0.25) is 18.6 Å². The molecule has 0 fully saturated rings. The Kier molecular flexibility index (Phi) is 5.44. The minimum absolute atomic E-state index is 0.130. The zero-order valence-corrected chi connectivity index (χ0v) is 17.2. The molecule has 1 aromatic heterocycles. The number of rotatable bonds is 6. The molecule has 4 rings (SSSR count). The molecule has 8 heteroatoms. The van der Waals surface area contributed by atoms with E-state index in [1.807, 2.05) is 30.3 Å². The third kappa shape index (κ3) is 4.37. The summed E-state index contributed by atoms with van der Waals surface area (Å²) in [6.45, 7) is 6.27. The van der Waals surface area contributed by atoms with Crippen molar-refractivity contribution in [3.63, 3.8) is 0 Å². The summed E-state index contributed by atoms with van der Waals surface area (Å²) in [6.07, 6.45) is 0. The van der Waals surface area contributed by atoms with Gasteiger partial charge < -0.3 is 19.2 Å². The Morgan fingerprint density at radius 3 is 2.55 bits per heavy atom. The van der Waals surface area contributed by atoms with Crippen LogP contribution < -0.4 is 14.8 Å². The van der Waals surface area contributed by atoms with Gasteiger partial charge >= 0.3 is 0 Å². The summed E-state index contributed by atoms with van der Waals surface area (Å²) >= 11 is 1.21. The van der Waals surface area contributed by atoms with Gasteiger partial charge in [-0.1, -0.05) is 37.7 Å². The van der Waals surface area contributed by atoms with Crippen molar-refractivity contribution < 1.29 is 18.7 Å². The van der Waals surface area contributed by atoms with E-state index in [2.05, 4.69) is 29.4 Å². The number of thioether (sulfide) groups is 1. The third-order valence-electron chi connectivity index (χ3n) is 4.52. The van der Waals surface area contributed by atoms with E-state index in [-0.39, 0.29) is 12.7 Å². The van der Waals surface area contributed by atoms with Gasteiger partial charge in [-0.2, -0.15) is 0 Å². The second kappa shape index (κ2) is 8.16. The van der Waals surface area contributed by atoms with Crippen molar-refractivity contribution in [2.45, 2.75) is 37.2 Å². The van der Waals surface area contributed by atoms with Gasteiger partial charge in [-0.3, -0.25) is 4.79 Å². The molecular weight excluding hydrogens is 390 g/mol. The maximum absolute atomic E-state index is 12.5. The first kappa shape index (κ1) is 19.3. The highest BCUT2D eigenvalue weighted by atomic mass is 32.2. The molecule has 0 saturated carbocycles. The van der Waals surface area contributed by atoms with Gasteiger partial charge in [0.25, 0.3) is 5.22 Å². The van der Waals surface area contributed by atoms with E-state index in [0.29, 0.717) is 28.5 Å². The average Bonchev–Trinajstić information content (AvgIpc) is 3.37. The molecule has 29 heavy (non-hydrogen) atoms. The SMILES string of the molecule is CC(C)c1ccc(NC(=O)[C@@H](C)Sc2nnc(-c3ccc4c(c3)OCO4)o2)cc1. The molecule has 3 aromatic rings. The maximum Gasteiger partial charge on any atom is 0.277 e. The number of carbonyl (C=O) groups is 1. The molecule has 0 unspecified atom stereocenters. The zero-order valence-electron chi connectivity index (χ0n) is 16.3. The van der Waals surface area contributed by atoms with Crippen LogP contribution >= 0.6 is 11.8 Å². The number of nitrogens with zero attached hydrogens (tertiary/aromatic N) is 2. The van der Waals surface area contributed by atoms with E-state index in [4.69, 9.17) is 13.9 Å². The summed E-state index contributed by atoms with van der Waals surface area (Å²) in [5.41, 5.74) is 2.72. The maximum atomic E-state index is 12.5. The van der Waals surface area contributed by atoms with Crippen molar-refractivity contribution in [1.29, 1.82) is 0 Å². The number of nitrogens with one attached hydrogen (secondary N) is 1. The summed E-state index contributed by atoms with van der Waals surface area (Å²) in [4.78, 5) is 12.5. The topological polar surface area (TPSA) is 86.5 Å². The molecule has 7 nitrogen and oxygen atoms in total. The normalized spacial score (nSPS) is 13.5. The lowest BCUT2D eigenvalue weighted by Crippen LogP contribution is -2.22. The fraction of sp³-hybridized carbons (Fsp3) is 0.286. The molecule has 0 aliphatic carbocycles. The number of fused-ring (bicyclic) bond motifs is 1. The van der Waals surface area contributed by atoms with Crippen LogP contribution in [0.3, 0.4) is 0 Å². The molecule has 0 spiro atoms. The second-order valence-corrected chi connectivity index (χ2v) is 8.26. The highest BCUT2D eigenvalue weighted by Crippen LogP contribution is 2.36. The number of hydrogen-bond acceptors (Lipinski definition) is 7. The van der Waals surface area contributed by atoms with Crippen LogP contribution in [0.2, 0.25) is 0 Å². The molecule has 1 N–H and O–H groups in total. The van der Waals surface area contributed by atoms with E-state index in [1.165, 1.54) is 17.3 Å². The molecule has 1 atom stereocenters. The highest BCUT2D eigenvalue weighted by Gasteiger charge is 2.20. The average molecular weight is 411 g/mol. The van der Waals surface area contributed by atoms with Crippen LogP contribution in [-0.4, -0.2) is 28.1 Å². The van der Waals surface area contributed by atoms with Crippen molar-refractivity contribution in [1.82, 2.24) is 10.2 Å². The smallest absolute Gasteiger partial charge is 0.277 e. The molecule has 1 amide bonds. The van der Waals surface area contributed by atoms with Crippen LogP contribution in [0.5, 0.6) is 11.5 Å². The van der Waals surface area contributed by atoms with Crippen LogP contribution in [0.1, 0.15) is 32.3 Å². The van der Waals surface area contributed by atoms with Gasteiger partial charge in [0.15, 0.2) is 11.5 Å². The Balaban J connectivity index is 1.38. The number of anilines is 1. The van der Waals surface area contributed by atoms with E-state index >= 15 is 0 Å². The molecule has 2 heterocycles. The van der Waals surface area contributed by atoms with Gasteiger partial charge in [-0.15, -0.1) is 10.2 Å². The van der Waals surface area contributed by atoms with E-state index in [0.717, 1.165) is 11.3 Å². The number of hydrogen-bond donors (Lipinski definition) is 1. The fourth-order valence-electron chi connectivity index (χ4n) is 2.80. The minimum Gasteiger partial charge on any atom is -0.454 e. The molecule has 150 valence electrons. The standard InChI is InChI=1S/C21H21N3O4S/c1-12(2)14-4-7-16(8-5-14)22-19(25)13(3)29-21-24-23-20(28-21)15-6-9-17-18(10-15)27-11-26-17/h4-10,12-13H,11H2,1-3H3,(H,22,25)/t13-/m1/s1. The molecule has 1 aliphatic rings. The Morgan fingerprint density at radius 1 is 1.03 bits per heavy atom. The predicted octanol–water partition coefficient (Wildman–Crippen LogP) is 4.71. The van der Waals surface area contributed by atoms with Gasteiger partial charge in [0.05, 0.1) is 5.25 Å². The summed E-state index contributed by atoms with van der Waals surface area (Å²) < 4.78 is 16.4. The highest BCUT2D eigenvalue weighted by molar-refractivity contribution is 8.00. The molecule has 0 saturated heterocycles. The Bertz CT molecular complexity index is 1020. The lowest BCUT2D eigenvalue weighted by atomic mass is 10.0. The van der Waals surface area contributed by atoms with E-state index < -0.39 is 5.25 Å². The molecule has 1 aliphatic heterocycles. The monoisotopic (exact) mass is 411 g/mol. The Hall–Kier alpha value is -3.00. The van der Waals surface area contributed by atoms with Crippen LogP contribution in [0.15, 0.2) is 52.1 Å². The van der Waals surface area contributed by atoms with Crippen LogP contribution in [0.4, 0.5) is 5.69 Å². The van der Waals surface area contributed by atoms with Crippen molar-refractivity contribution in [2.75, 3.05) is 12.1 Å². The van der Waals surface area contributed by atoms with E-state index in [1.54, 1.807) is 19.1 Å². The lowest BCUT2D eigenvalue weighted by molar-refractivity contribution is -0.115. The number of amides is 1. The largest absolute Gasteiger partial charge is 0.454 e. The van der Waals surface area contributed by atoms with Crippen molar-refractivity contribution >= 4 is 23.4 Å². The Labute approximate surface area is 172 Å². The van der Waals surface area contributed by atoms with Gasteiger partial charge in [0, 0.05) is 11.3 Å². The van der Waals surface area contributed by atoms with Crippen molar-refractivity contribution in [2.24, 2.45) is 0 Å². The van der Waals surface area contributed by atoms with Gasteiger partial charge in [-0.25, -0.2) is 0 Å². The summed E-state index contributed by atoms with van der Waals surface area (Å²) in [6, 6.07) is 13.3. The van der Waals surface area contributed by atoms with Crippen LogP contribution in [-0.2, 0) is 4.79 Å². The third-order valence-corrected chi connectivity index (χ3v) is 5.45. The quantitative estimate of drug-likeness (QED) is 0.588. The first-order chi connectivity index (χ1) is 14.0. The van der Waals surface area contributed by atoms with Crippen molar-refractivity contribution in [3.05, 3.63) is 48.0 Å². The second-order valence-electron chi connectivity index (χ2n) is 6.97. The summed E-state index contributed by atoms with van der Waals surface area (Å²) in [5.74, 6) is 2.02. The van der Waals surface area contributed by atoms with Crippen molar-refractivity contribution in [3.8, 4) is 23.0 Å². The molecule has 0 radical (unpaired) electrons. The lowest BCUT2D eigenvalue weighted by Gasteiger charge is -2.11. The summed E-state index contributed by atoms with van der Waals surface area (Å²) in [5, 5.41) is 11.0.